The Morgan fingerprint density at radius 3 is 2.48 bits per heavy atom. The molecular weight excluding hydrogens is 293 g/mol. The molecule has 0 aliphatic rings. The van der Waals surface area contributed by atoms with Crippen LogP contribution in [-0.4, -0.2) is 18.0 Å². The summed E-state index contributed by atoms with van der Waals surface area (Å²) in [4.78, 5) is 3.89. The molecule has 2 rings (SSSR count). The van der Waals surface area contributed by atoms with Gasteiger partial charge in [-0.15, -0.1) is 0 Å². The summed E-state index contributed by atoms with van der Waals surface area (Å²) >= 11 is 0. The molecule has 21 heavy (non-hydrogen) atoms. The Labute approximate surface area is 123 Å². The summed E-state index contributed by atoms with van der Waals surface area (Å²) in [5, 5.41) is 5.05. The molecule has 1 aromatic carbocycles. The highest BCUT2D eigenvalue weighted by molar-refractivity contribution is 7.89. The van der Waals surface area contributed by atoms with Crippen LogP contribution in [0, 0.1) is 5.95 Å². The van der Waals surface area contributed by atoms with E-state index < -0.39 is 16.0 Å². The molecule has 0 spiro atoms. The molecule has 2 aromatic rings. The number of imidazole rings is 1. The number of hydrogen-bond donors (Lipinski definition) is 1. The molecule has 0 radical (unpaired) electrons. The third-order valence-electron chi connectivity index (χ3n) is 3.04. The minimum atomic E-state index is -3.74. The zero-order valence-corrected chi connectivity index (χ0v) is 12.5. The number of nitrogens with zero attached hydrogens (tertiary/aromatic N) is 2. The van der Waals surface area contributed by atoms with Gasteiger partial charge in [0.15, 0.2) is 0 Å². The molecule has 0 amide bonds. The van der Waals surface area contributed by atoms with E-state index in [9.17, 15) is 12.8 Å². The van der Waals surface area contributed by atoms with Gasteiger partial charge in [-0.2, -0.15) is 4.39 Å². The number of primary sulfonamides is 1. The van der Waals surface area contributed by atoms with Gasteiger partial charge in [0.05, 0.1) is 11.1 Å². The highest BCUT2D eigenvalue weighted by Gasteiger charge is 2.15. The lowest BCUT2D eigenvalue weighted by Gasteiger charge is -2.11. The third-order valence-corrected chi connectivity index (χ3v) is 3.96. The van der Waals surface area contributed by atoms with Crippen LogP contribution >= 0.6 is 0 Å². The molecule has 0 saturated heterocycles. The van der Waals surface area contributed by atoms with E-state index in [2.05, 4.69) is 4.98 Å². The fourth-order valence-electron chi connectivity index (χ4n) is 2.06. The Balaban J connectivity index is 2.47. The molecule has 0 bridgehead atoms. The van der Waals surface area contributed by atoms with E-state index in [0.717, 1.165) is 0 Å². The van der Waals surface area contributed by atoms with E-state index in [0.29, 0.717) is 11.5 Å². The number of nitrogens with two attached hydrogens (primary N) is 1. The molecule has 1 aromatic heterocycles. The highest BCUT2D eigenvalue weighted by atomic mass is 32.2. The number of rotatable bonds is 4. The predicted molar refractivity (Wildman–Crippen MR) is 78.1 cm³/mol. The fourth-order valence-corrected chi connectivity index (χ4v) is 2.58. The van der Waals surface area contributed by atoms with Crippen molar-refractivity contribution in [3.63, 3.8) is 0 Å². The minimum Gasteiger partial charge on any atom is -0.300 e. The SMILES string of the molecule is C/C=C/C(C)c1nc(F)cn1-c1ccc(S(N)(=O)=O)cc1. The van der Waals surface area contributed by atoms with Crippen molar-refractivity contribution in [1.29, 1.82) is 0 Å². The van der Waals surface area contributed by atoms with E-state index in [1.165, 1.54) is 18.3 Å². The van der Waals surface area contributed by atoms with Crippen LogP contribution in [0.15, 0.2) is 47.5 Å². The molecule has 0 saturated carbocycles. The molecule has 0 aliphatic heterocycles. The second-order valence-corrected chi connectivity index (χ2v) is 6.21. The van der Waals surface area contributed by atoms with E-state index >= 15 is 0 Å². The van der Waals surface area contributed by atoms with E-state index in [4.69, 9.17) is 5.14 Å². The second-order valence-electron chi connectivity index (χ2n) is 4.65. The first-order valence-electron chi connectivity index (χ1n) is 6.33. The standard InChI is InChI=1S/C14H16FN3O2S/c1-3-4-10(2)14-17-13(15)9-18(14)11-5-7-12(8-6-11)21(16,19)20/h3-10H,1-2H3,(H2,16,19,20)/b4-3+. The number of allylic oxidation sites excluding steroid dienone is 2. The Kier molecular flexibility index (Phi) is 4.24. The van der Waals surface area contributed by atoms with Crippen LogP contribution in [-0.2, 0) is 10.0 Å². The van der Waals surface area contributed by atoms with Crippen molar-refractivity contribution in [3.05, 3.63) is 54.4 Å². The summed E-state index contributed by atoms with van der Waals surface area (Å²) in [5.74, 6) is -0.122. The molecule has 5 nitrogen and oxygen atoms in total. The lowest BCUT2D eigenvalue weighted by molar-refractivity contribution is 0.585. The van der Waals surface area contributed by atoms with Gasteiger partial charge in [-0.3, -0.25) is 0 Å². The maximum absolute atomic E-state index is 13.5. The van der Waals surface area contributed by atoms with Gasteiger partial charge in [0.1, 0.15) is 5.82 Å². The van der Waals surface area contributed by atoms with Crippen LogP contribution in [0.4, 0.5) is 4.39 Å². The third kappa shape index (κ3) is 3.37. The monoisotopic (exact) mass is 309 g/mol. The van der Waals surface area contributed by atoms with Crippen LogP contribution in [0.5, 0.6) is 0 Å². The zero-order valence-electron chi connectivity index (χ0n) is 11.7. The molecule has 1 unspecified atom stereocenters. The van der Waals surface area contributed by atoms with Gasteiger partial charge in [-0.05, 0) is 31.2 Å². The summed E-state index contributed by atoms with van der Waals surface area (Å²) in [6.07, 6.45) is 5.03. The van der Waals surface area contributed by atoms with Crippen molar-refractivity contribution >= 4 is 10.0 Å². The lowest BCUT2D eigenvalue weighted by Crippen LogP contribution is -2.12. The van der Waals surface area contributed by atoms with Gasteiger partial charge >= 0.3 is 0 Å². The molecule has 1 atom stereocenters. The summed E-state index contributed by atoms with van der Waals surface area (Å²) in [6.45, 7) is 3.78. The van der Waals surface area contributed by atoms with E-state index in [-0.39, 0.29) is 10.8 Å². The second kappa shape index (κ2) is 5.79. The van der Waals surface area contributed by atoms with Crippen molar-refractivity contribution in [2.75, 3.05) is 0 Å². The number of halogens is 1. The summed E-state index contributed by atoms with van der Waals surface area (Å²) < 4.78 is 37.5. The Bertz CT molecular complexity index is 764. The summed E-state index contributed by atoms with van der Waals surface area (Å²) in [6, 6.07) is 5.89. The van der Waals surface area contributed by atoms with Crippen LogP contribution in [0.2, 0.25) is 0 Å². The maximum Gasteiger partial charge on any atom is 0.238 e. The van der Waals surface area contributed by atoms with Crippen LogP contribution in [0.25, 0.3) is 5.69 Å². The fraction of sp³-hybridized carbons (Fsp3) is 0.214. The Morgan fingerprint density at radius 1 is 1.33 bits per heavy atom. The molecule has 112 valence electrons. The number of sulfonamides is 1. The smallest absolute Gasteiger partial charge is 0.238 e. The summed E-state index contributed by atoms with van der Waals surface area (Å²) in [5.41, 5.74) is 0.616. The average Bonchev–Trinajstić information content (AvgIpc) is 2.80. The van der Waals surface area contributed by atoms with Crippen LogP contribution in [0.1, 0.15) is 25.6 Å². The Hall–Kier alpha value is -1.99. The zero-order chi connectivity index (χ0) is 15.6. The first kappa shape index (κ1) is 15.4. The van der Waals surface area contributed by atoms with Gasteiger partial charge < -0.3 is 4.57 Å². The maximum atomic E-state index is 13.5. The largest absolute Gasteiger partial charge is 0.300 e. The van der Waals surface area contributed by atoms with Crippen LogP contribution < -0.4 is 5.14 Å². The molecule has 2 N–H and O–H groups in total. The van der Waals surface area contributed by atoms with Crippen molar-refractivity contribution in [2.45, 2.75) is 24.7 Å². The summed E-state index contributed by atoms with van der Waals surface area (Å²) in [7, 11) is -3.74. The topological polar surface area (TPSA) is 78.0 Å². The van der Waals surface area contributed by atoms with Crippen molar-refractivity contribution in [2.24, 2.45) is 5.14 Å². The number of aromatic nitrogens is 2. The molecule has 1 heterocycles. The molecular formula is C14H16FN3O2S. The van der Waals surface area contributed by atoms with Gasteiger partial charge in [-0.25, -0.2) is 18.5 Å². The molecule has 0 fully saturated rings. The van der Waals surface area contributed by atoms with E-state index in [1.54, 1.807) is 16.7 Å². The molecule has 0 aliphatic carbocycles. The minimum absolute atomic E-state index is 0.00916. The Morgan fingerprint density at radius 2 is 1.95 bits per heavy atom. The lowest BCUT2D eigenvalue weighted by atomic mass is 10.1. The highest BCUT2D eigenvalue weighted by Crippen LogP contribution is 2.21. The van der Waals surface area contributed by atoms with Crippen molar-refractivity contribution < 1.29 is 12.8 Å². The van der Waals surface area contributed by atoms with Gasteiger partial charge in [-0.1, -0.05) is 19.1 Å². The van der Waals surface area contributed by atoms with Gasteiger partial charge in [0.2, 0.25) is 16.0 Å². The van der Waals surface area contributed by atoms with Crippen LogP contribution in [0.3, 0.4) is 0 Å². The van der Waals surface area contributed by atoms with Gasteiger partial charge in [0.25, 0.3) is 0 Å². The quantitative estimate of drug-likeness (QED) is 0.881. The number of benzene rings is 1. The predicted octanol–water partition coefficient (Wildman–Crippen LogP) is 2.34. The number of hydrogen-bond acceptors (Lipinski definition) is 3. The van der Waals surface area contributed by atoms with Crippen molar-refractivity contribution in [1.82, 2.24) is 9.55 Å². The van der Waals surface area contributed by atoms with Crippen molar-refractivity contribution in [3.8, 4) is 5.69 Å². The first-order chi connectivity index (χ1) is 9.82. The normalized spacial score (nSPS) is 13.7. The van der Waals surface area contributed by atoms with E-state index in [1.807, 2.05) is 26.0 Å². The molecule has 7 heteroatoms. The first-order valence-corrected chi connectivity index (χ1v) is 7.88. The van der Waals surface area contributed by atoms with Gasteiger partial charge in [0, 0.05) is 11.6 Å². The average molecular weight is 309 g/mol.